The van der Waals surface area contributed by atoms with E-state index in [1.807, 2.05) is 74.5 Å². The predicted molar refractivity (Wildman–Crippen MR) is 161 cm³/mol. The lowest BCUT2D eigenvalue weighted by molar-refractivity contribution is -0.148. The lowest BCUT2D eigenvalue weighted by atomic mass is 9.74. The second kappa shape index (κ2) is 11.8. The number of hydrogen-bond acceptors (Lipinski definition) is 6. The van der Waals surface area contributed by atoms with E-state index in [-0.39, 0.29) is 16.2 Å². The van der Waals surface area contributed by atoms with Crippen molar-refractivity contribution in [3.05, 3.63) is 131 Å². The normalized spacial score (nSPS) is 16.8. The maximum absolute atomic E-state index is 13.9. The summed E-state index contributed by atoms with van der Waals surface area (Å²) < 4.78 is 62.1. The van der Waals surface area contributed by atoms with E-state index < -0.39 is 44.1 Å². The molecule has 9 heteroatoms. The minimum atomic E-state index is -4.54. The molecule has 1 fully saturated rings. The summed E-state index contributed by atoms with van der Waals surface area (Å²) in [6.07, 6.45) is -0.0923. The van der Waals surface area contributed by atoms with Crippen LogP contribution in [0.15, 0.2) is 119 Å². The van der Waals surface area contributed by atoms with Crippen LogP contribution in [0.5, 0.6) is 0 Å². The van der Waals surface area contributed by atoms with Crippen molar-refractivity contribution in [2.24, 2.45) is 5.41 Å². The highest BCUT2D eigenvalue weighted by Gasteiger charge is 2.51. The van der Waals surface area contributed by atoms with Crippen LogP contribution in [-0.4, -0.2) is 39.2 Å². The topological polar surface area (TPSA) is 97.8 Å². The molecule has 0 N–H and O–H groups in total. The van der Waals surface area contributed by atoms with Crippen molar-refractivity contribution in [1.29, 1.82) is 0 Å². The van der Waals surface area contributed by atoms with E-state index >= 15 is 0 Å². The number of benzene rings is 4. The Labute approximate surface area is 247 Å². The zero-order valence-electron chi connectivity index (χ0n) is 23.5. The molecule has 1 heterocycles. The van der Waals surface area contributed by atoms with E-state index in [0.29, 0.717) is 16.6 Å². The molecule has 0 saturated carbocycles. The number of hydrogen-bond donors (Lipinski definition) is 0. The molecule has 5 rings (SSSR count). The summed E-state index contributed by atoms with van der Waals surface area (Å²) in [5.74, 6) is -0.472. The van der Waals surface area contributed by atoms with Gasteiger partial charge in [-0.3, -0.25) is 4.79 Å². The highest BCUT2D eigenvalue weighted by molar-refractivity contribution is 8.04. The van der Waals surface area contributed by atoms with Crippen molar-refractivity contribution >= 4 is 26.0 Å². The molecule has 0 radical (unpaired) electrons. The summed E-state index contributed by atoms with van der Waals surface area (Å²) in [6, 6.07) is 31.1. The van der Waals surface area contributed by atoms with E-state index in [9.17, 15) is 21.6 Å². The molecule has 218 valence electrons. The Hall–Kier alpha value is -3.79. The van der Waals surface area contributed by atoms with E-state index in [2.05, 4.69) is 0 Å². The van der Waals surface area contributed by atoms with Crippen LogP contribution >= 0.6 is 0 Å². The summed E-state index contributed by atoms with van der Waals surface area (Å²) in [5.41, 5.74) is 2.53. The molecule has 1 saturated heterocycles. The molecule has 4 aromatic carbocycles. The first-order chi connectivity index (χ1) is 20.0. The Balaban J connectivity index is 1.53. The maximum atomic E-state index is 13.9. The van der Waals surface area contributed by atoms with Crippen LogP contribution in [-0.2, 0) is 42.4 Å². The Morgan fingerprint density at radius 1 is 0.667 bits per heavy atom. The third-order valence-corrected chi connectivity index (χ3v) is 11.9. The summed E-state index contributed by atoms with van der Waals surface area (Å²) in [5, 5.41) is 0. The van der Waals surface area contributed by atoms with Crippen LogP contribution in [0.2, 0.25) is 0 Å². The van der Waals surface area contributed by atoms with E-state index in [1.165, 1.54) is 24.3 Å². The monoisotopic (exact) mass is 603 g/mol. The van der Waals surface area contributed by atoms with Crippen molar-refractivity contribution in [2.75, 3.05) is 6.54 Å². The zero-order valence-corrected chi connectivity index (χ0v) is 25.1. The fourth-order valence-electron chi connectivity index (χ4n) is 5.41. The van der Waals surface area contributed by atoms with Gasteiger partial charge in [0.1, 0.15) is 6.10 Å². The number of nitrogens with zero attached hydrogens (tertiary/aromatic N) is 1. The first-order valence-electron chi connectivity index (χ1n) is 13.7. The minimum Gasteiger partial charge on any atom is -0.460 e. The fraction of sp³-hybridized carbons (Fsp3) is 0.242. The van der Waals surface area contributed by atoms with Gasteiger partial charge < -0.3 is 4.74 Å². The molecule has 0 spiro atoms. The number of sulfonamides is 2. The van der Waals surface area contributed by atoms with Gasteiger partial charge in [-0.05, 0) is 62.1 Å². The van der Waals surface area contributed by atoms with Gasteiger partial charge >= 0.3 is 5.97 Å². The Morgan fingerprint density at radius 3 is 1.48 bits per heavy atom. The summed E-state index contributed by atoms with van der Waals surface area (Å²) in [6.45, 7) is 3.09. The molecule has 1 atom stereocenters. The number of esters is 1. The Kier molecular flexibility index (Phi) is 8.37. The van der Waals surface area contributed by atoms with Gasteiger partial charge in [-0.1, -0.05) is 99.8 Å². The molecule has 0 amide bonds. The van der Waals surface area contributed by atoms with Crippen molar-refractivity contribution < 1.29 is 26.4 Å². The summed E-state index contributed by atoms with van der Waals surface area (Å²) in [7, 11) is -9.08. The second-order valence-corrected chi connectivity index (χ2v) is 14.9. The van der Waals surface area contributed by atoms with Crippen LogP contribution < -0.4 is 0 Å². The van der Waals surface area contributed by atoms with Crippen LogP contribution in [0.25, 0.3) is 0 Å². The van der Waals surface area contributed by atoms with Crippen molar-refractivity contribution in [2.45, 2.75) is 49.0 Å². The molecule has 0 bridgehead atoms. The molecule has 1 aliphatic rings. The SMILES string of the molecule is Cc1ccc(S(=O)(=O)N(C[C@@H]2CC(Cc3ccccc3)(Cc3ccccc3)C(=O)O2)S(=O)(=O)c2ccc(C)cc2)cc1. The molecular weight excluding hydrogens is 570 g/mol. The highest BCUT2D eigenvalue weighted by Crippen LogP contribution is 2.42. The van der Waals surface area contributed by atoms with Gasteiger partial charge in [-0.15, -0.1) is 0 Å². The number of carbonyl (C=O) groups excluding carboxylic acids is 1. The number of aryl methyl sites for hydroxylation is 2. The standard InChI is InChI=1S/C33H33NO6S2/c1-25-13-17-30(18-14-25)41(36,37)34(42(38,39)31-19-15-26(2)16-20-31)24-29-23-33(32(35)40-29,21-27-9-5-3-6-10-27)22-28-11-7-4-8-12-28/h3-20,29H,21-24H2,1-2H3/t29-/m0/s1. The van der Waals surface area contributed by atoms with Crippen molar-refractivity contribution in [3.63, 3.8) is 0 Å². The van der Waals surface area contributed by atoms with E-state index in [1.54, 1.807) is 24.3 Å². The lowest BCUT2D eigenvalue weighted by Crippen LogP contribution is -2.42. The van der Waals surface area contributed by atoms with Gasteiger partial charge in [0, 0.05) is 6.42 Å². The number of cyclic esters (lactones) is 1. The molecule has 0 unspecified atom stereocenters. The van der Waals surface area contributed by atoms with Gasteiger partial charge in [0.25, 0.3) is 20.0 Å². The van der Waals surface area contributed by atoms with Crippen molar-refractivity contribution in [3.8, 4) is 0 Å². The quantitative estimate of drug-likeness (QED) is 0.223. The van der Waals surface area contributed by atoms with Crippen LogP contribution in [0.1, 0.15) is 28.7 Å². The van der Waals surface area contributed by atoms with E-state index in [4.69, 9.17) is 4.74 Å². The molecule has 0 aliphatic carbocycles. The van der Waals surface area contributed by atoms with Gasteiger partial charge in [0.15, 0.2) is 0 Å². The number of rotatable bonds is 10. The smallest absolute Gasteiger partial charge is 0.313 e. The van der Waals surface area contributed by atoms with E-state index in [0.717, 1.165) is 22.3 Å². The lowest BCUT2D eigenvalue weighted by Gasteiger charge is -2.26. The second-order valence-electron chi connectivity index (χ2n) is 10.9. The third-order valence-electron chi connectivity index (χ3n) is 7.62. The fourth-order valence-corrected chi connectivity index (χ4v) is 9.12. The van der Waals surface area contributed by atoms with Crippen molar-refractivity contribution in [1.82, 2.24) is 3.71 Å². The van der Waals surface area contributed by atoms with Crippen LogP contribution in [0, 0.1) is 19.3 Å². The summed E-state index contributed by atoms with van der Waals surface area (Å²) in [4.78, 5) is 13.4. The van der Waals surface area contributed by atoms with Crippen LogP contribution in [0.4, 0.5) is 0 Å². The Bertz CT molecular complexity index is 1640. The Morgan fingerprint density at radius 2 is 1.07 bits per heavy atom. The minimum absolute atomic E-state index is 0.152. The molecule has 42 heavy (non-hydrogen) atoms. The molecule has 4 aromatic rings. The van der Waals surface area contributed by atoms with Gasteiger partial charge in [0.2, 0.25) is 0 Å². The maximum Gasteiger partial charge on any atom is 0.313 e. The molecule has 7 nitrogen and oxygen atoms in total. The average Bonchev–Trinajstić information content (AvgIpc) is 3.26. The average molecular weight is 604 g/mol. The van der Waals surface area contributed by atoms with Crippen LogP contribution in [0.3, 0.4) is 0 Å². The molecular formula is C33H33NO6S2. The van der Waals surface area contributed by atoms with Gasteiger partial charge in [0.05, 0.1) is 21.8 Å². The number of ether oxygens (including phenoxy) is 1. The van der Waals surface area contributed by atoms with Gasteiger partial charge in [-0.2, -0.15) is 0 Å². The van der Waals surface area contributed by atoms with Gasteiger partial charge in [-0.25, -0.2) is 16.8 Å². The molecule has 1 aliphatic heterocycles. The highest BCUT2D eigenvalue weighted by atomic mass is 32.3. The molecule has 0 aromatic heterocycles. The first kappa shape index (κ1) is 29.7. The summed E-state index contributed by atoms with van der Waals surface area (Å²) >= 11 is 0. The predicted octanol–water partition coefficient (Wildman–Crippen LogP) is 5.47. The third kappa shape index (κ3) is 6.18. The zero-order chi connectivity index (χ0) is 30.0. The largest absolute Gasteiger partial charge is 0.460 e. The first-order valence-corrected chi connectivity index (χ1v) is 16.6. The number of carbonyl (C=O) groups is 1.